The second-order valence-electron chi connectivity index (χ2n) is 9.23. The van der Waals surface area contributed by atoms with E-state index in [0.717, 1.165) is 34.4 Å². The van der Waals surface area contributed by atoms with E-state index >= 15 is 0 Å². The van der Waals surface area contributed by atoms with E-state index in [1.165, 1.54) is 6.26 Å². The summed E-state index contributed by atoms with van der Waals surface area (Å²) < 4.78 is 11.4. The van der Waals surface area contributed by atoms with Crippen LogP contribution in [-0.2, 0) is 19.5 Å². The Morgan fingerprint density at radius 3 is 2.16 bits per heavy atom. The second kappa shape index (κ2) is 10.7. The molecule has 0 aliphatic heterocycles. The largest absolute Gasteiger partial charge is 0.469 e. The van der Waals surface area contributed by atoms with Gasteiger partial charge in [-0.25, -0.2) is 5.43 Å². The Hall–Kier alpha value is -4.39. The van der Waals surface area contributed by atoms with Crippen LogP contribution in [0.3, 0.4) is 0 Å². The predicted molar refractivity (Wildman–Crippen MR) is 140 cm³/mol. The fourth-order valence-corrected chi connectivity index (χ4v) is 4.73. The van der Waals surface area contributed by atoms with Gasteiger partial charge in [-0.3, -0.25) is 9.59 Å². The number of nitrogens with one attached hydrogen (secondary N) is 1. The van der Waals surface area contributed by atoms with Crippen LogP contribution in [0.2, 0.25) is 0 Å². The monoisotopic (exact) mass is 495 g/mol. The summed E-state index contributed by atoms with van der Waals surface area (Å²) >= 11 is 0. The molecule has 0 saturated carbocycles. The molecule has 7 heteroatoms. The average molecular weight is 496 g/mol. The maximum absolute atomic E-state index is 13.9. The van der Waals surface area contributed by atoms with E-state index in [0.29, 0.717) is 48.7 Å². The summed E-state index contributed by atoms with van der Waals surface area (Å²) in [5, 5.41) is 4.43. The number of carbonyl (C=O) groups excluding carboxylic acids is 2. The lowest BCUT2D eigenvalue weighted by molar-refractivity contribution is 0.0694. The van der Waals surface area contributed by atoms with Crippen molar-refractivity contribution in [2.45, 2.75) is 46.2 Å². The van der Waals surface area contributed by atoms with Crippen LogP contribution in [0.5, 0.6) is 0 Å². The minimum absolute atomic E-state index is 0.169. The second-order valence-corrected chi connectivity index (χ2v) is 9.23. The molecular formula is C30H29N3O4. The number of aryl methyl sites for hydroxylation is 2. The fraction of sp³-hybridized carbons (Fsp3) is 0.233. The SMILES string of the molecule is Cc1occc1C(=O)N/N=C1\CCCc2oc(C(=O)N(Cc3ccccc3)Cc3ccccc3)c(C)c21. The molecule has 0 radical (unpaired) electrons. The molecule has 2 amide bonds. The summed E-state index contributed by atoms with van der Waals surface area (Å²) in [6.07, 6.45) is 3.70. The Morgan fingerprint density at radius 1 is 0.919 bits per heavy atom. The van der Waals surface area contributed by atoms with Crippen molar-refractivity contribution in [2.75, 3.05) is 0 Å². The minimum atomic E-state index is -0.333. The van der Waals surface area contributed by atoms with Crippen molar-refractivity contribution >= 4 is 17.5 Å². The first-order chi connectivity index (χ1) is 18.0. The van der Waals surface area contributed by atoms with Crippen molar-refractivity contribution in [1.82, 2.24) is 10.3 Å². The maximum Gasteiger partial charge on any atom is 0.290 e. The molecule has 1 aliphatic carbocycles. The van der Waals surface area contributed by atoms with Crippen LogP contribution in [0, 0.1) is 13.8 Å². The van der Waals surface area contributed by atoms with Crippen LogP contribution >= 0.6 is 0 Å². The van der Waals surface area contributed by atoms with Gasteiger partial charge in [0.25, 0.3) is 11.8 Å². The molecule has 5 rings (SSSR count). The van der Waals surface area contributed by atoms with Gasteiger partial charge in [0.05, 0.1) is 17.5 Å². The lowest BCUT2D eigenvalue weighted by Gasteiger charge is -2.22. The molecule has 4 aromatic rings. The first-order valence-corrected chi connectivity index (χ1v) is 12.4. The van der Waals surface area contributed by atoms with E-state index < -0.39 is 0 Å². The molecule has 7 nitrogen and oxygen atoms in total. The standard InChI is InChI=1S/C30H29N3O4/c1-20-27-25(31-32-29(34)24-16-17-36-21(24)2)14-9-15-26(27)37-28(20)30(35)33(18-22-10-5-3-6-11-22)19-23-12-7-4-8-13-23/h3-8,10-13,16-17H,9,14-15,18-19H2,1-2H3,(H,32,34)/b31-25+. The topological polar surface area (TPSA) is 88.0 Å². The smallest absolute Gasteiger partial charge is 0.290 e. The molecule has 188 valence electrons. The highest BCUT2D eigenvalue weighted by atomic mass is 16.4. The summed E-state index contributed by atoms with van der Waals surface area (Å²) in [5.74, 6) is 1.09. The molecular weight excluding hydrogens is 466 g/mol. The first-order valence-electron chi connectivity index (χ1n) is 12.4. The average Bonchev–Trinajstić information content (AvgIpc) is 3.51. The van der Waals surface area contributed by atoms with E-state index in [9.17, 15) is 9.59 Å². The number of hydrazone groups is 1. The molecule has 0 spiro atoms. The van der Waals surface area contributed by atoms with Gasteiger partial charge in [0, 0.05) is 30.6 Å². The van der Waals surface area contributed by atoms with Gasteiger partial charge in [0.2, 0.25) is 0 Å². The Bertz CT molecular complexity index is 1390. The van der Waals surface area contributed by atoms with Crippen LogP contribution in [-0.4, -0.2) is 22.4 Å². The zero-order valence-electron chi connectivity index (χ0n) is 21.0. The number of hydrogen-bond acceptors (Lipinski definition) is 5. The molecule has 2 aromatic carbocycles. The molecule has 0 bridgehead atoms. The number of carbonyl (C=O) groups is 2. The molecule has 37 heavy (non-hydrogen) atoms. The summed E-state index contributed by atoms with van der Waals surface area (Å²) in [6.45, 7) is 4.54. The lowest BCUT2D eigenvalue weighted by atomic mass is 9.93. The van der Waals surface area contributed by atoms with E-state index in [1.807, 2.05) is 72.5 Å². The van der Waals surface area contributed by atoms with Gasteiger partial charge < -0.3 is 13.7 Å². The Balaban J connectivity index is 1.43. The Kier molecular flexibility index (Phi) is 7.03. The summed E-state index contributed by atoms with van der Waals surface area (Å²) in [6, 6.07) is 21.5. The third-order valence-corrected chi connectivity index (χ3v) is 6.64. The fourth-order valence-electron chi connectivity index (χ4n) is 4.73. The van der Waals surface area contributed by atoms with E-state index in [2.05, 4.69) is 10.5 Å². The van der Waals surface area contributed by atoms with Crippen molar-refractivity contribution < 1.29 is 18.4 Å². The summed E-state index contributed by atoms with van der Waals surface area (Å²) in [7, 11) is 0. The zero-order valence-corrected chi connectivity index (χ0v) is 21.0. The number of rotatable bonds is 7. The Morgan fingerprint density at radius 2 is 1.57 bits per heavy atom. The van der Waals surface area contributed by atoms with Crippen LogP contribution in [0.15, 0.2) is 86.9 Å². The molecule has 1 N–H and O–H groups in total. The van der Waals surface area contributed by atoms with E-state index in [-0.39, 0.29) is 11.8 Å². The van der Waals surface area contributed by atoms with Gasteiger partial charge in [-0.15, -0.1) is 0 Å². The van der Waals surface area contributed by atoms with Crippen molar-refractivity contribution in [3.8, 4) is 0 Å². The van der Waals surface area contributed by atoms with Crippen molar-refractivity contribution in [1.29, 1.82) is 0 Å². The molecule has 0 fully saturated rings. The quantitative estimate of drug-likeness (QED) is 0.328. The molecule has 0 saturated heterocycles. The van der Waals surface area contributed by atoms with Crippen molar-refractivity contribution in [3.63, 3.8) is 0 Å². The Labute approximate surface area is 215 Å². The highest BCUT2D eigenvalue weighted by Gasteiger charge is 2.30. The highest BCUT2D eigenvalue weighted by Crippen LogP contribution is 2.31. The molecule has 2 heterocycles. The van der Waals surface area contributed by atoms with Gasteiger partial charge in [-0.2, -0.15) is 5.10 Å². The van der Waals surface area contributed by atoms with Crippen LogP contribution in [0.4, 0.5) is 0 Å². The van der Waals surface area contributed by atoms with Gasteiger partial charge in [0.15, 0.2) is 5.76 Å². The maximum atomic E-state index is 13.9. The van der Waals surface area contributed by atoms with Gasteiger partial charge in [-0.05, 0) is 43.9 Å². The van der Waals surface area contributed by atoms with Crippen molar-refractivity contribution in [2.24, 2.45) is 5.10 Å². The van der Waals surface area contributed by atoms with E-state index in [1.54, 1.807) is 13.0 Å². The zero-order chi connectivity index (χ0) is 25.8. The van der Waals surface area contributed by atoms with E-state index in [4.69, 9.17) is 8.83 Å². The lowest BCUT2D eigenvalue weighted by Crippen LogP contribution is -2.30. The van der Waals surface area contributed by atoms with Crippen LogP contribution < -0.4 is 5.43 Å². The van der Waals surface area contributed by atoms with Crippen LogP contribution in [0.1, 0.15) is 67.5 Å². The predicted octanol–water partition coefficient (Wildman–Crippen LogP) is 5.80. The number of furan rings is 2. The molecule has 0 atom stereocenters. The molecule has 2 aromatic heterocycles. The van der Waals surface area contributed by atoms with Gasteiger partial charge >= 0.3 is 0 Å². The van der Waals surface area contributed by atoms with Gasteiger partial charge in [0.1, 0.15) is 11.5 Å². The molecule has 0 unspecified atom stereocenters. The first kappa shape index (κ1) is 24.3. The third kappa shape index (κ3) is 5.26. The number of fused-ring (bicyclic) bond motifs is 1. The minimum Gasteiger partial charge on any atom is -0.469 e. The van der Waals surface area contributed by atoms with Crippen LogP contribution in [0.25, 0.3) is 0 Å². The summed E-state index contributed by atoms with van der Waals surface area (Å²) in [5.41, 5.74) is 7.45. The number of benzene rings is 2. The van der Waals surface area contributed by atoms with Crippen molar-refractivity contribution in [3.05, 3.63) is 118 Å². The normalized spacial score (nSPS) is 13.8. The third-order valence-electron chi connectivity index (χ3n) is 6.64. The highest BCUT2D eigenvalue weighted by molar-refractivity contribution is 6.07. The van der Waals surface area contributed by atoms with Gasteiger partial charge in [-0.1, -0.05) is 60.7 Å². The molecule has 1 aliphatic rings. The summed E-state index contributed by atoms with van der Waals surface area (Å²) in [4.78, 5) is 28.2. The number of amides is 2. The number of hydrogen-bond donors (Lipinski definition) is 1. The number of nitrogens with zero attached hydrogens (tertiary/aromatic N) is 2.